The van der Waals surface area contributed by atoms with Crippen LogP contribution in [0.1, 0.15) is 28.4 Å². The van der Waals surface area contributed by atoms with Gasteiger partial charge in [-0.2, -0.15) is 0 Å². The Kier molecular flexibility index (Phi) is 2.97. The molecule has 3 unspecified atom stereocenters. The van der Waals surface area contributed by atoms with Gasteiger partial charge in [-0.25, -0.2) is 4.98 Å². The second-order valence-corrected chi connectivity index (χ2v) is 6.89. The monoisotopic (exact) mass is 251 g/mol. The van der Waals surface area contributed by atoms with Gasteiger partial charge in [-0.05, 0) is 38.5 Å². The fraction of sp³-hybridized carbons (Fsp3) is 0.769. The molecule has 0 aromatic carbocycles. The maximum Gasteiger partial charge on any atom is 0.0900 e. The third kappa shape index (κ3) is 2.14. The van der Waals surface area contributed by atoms with Gasteiger partial charge in [0.1, 0.15) is 0 Å². The molecule has 0 bridgehead atoms. The fourth-order valence-corrected chi connectivity index (χ4v) is 4.43. The molecule has 3 rings (SSSR count). The Balaban J connectivity index is 1.66. The van der Waals surface area contributed by atoms with Gasteiger partial charge >= 0.3 is 0 Å². The van der Waals surface area contributed by atoms with Gasteiger partial charge in [0.15, 0.2) is 0 Å². The number of nitrogens with zero attached hydrogens (tertiary/aromatic N) is 2. The number of nitrogens with two attached hydrogens (primary N) is 1. The standard InChI is InChI=1S/C13H21N3S/c1-8-13(17-9(2)15-8)7-16-5-10-3-4-12(14)11(10)6-16/h10-12H,3-7,14H2,1-2H3. The Bertz CT molecular complexity index is 415. The van der Waals surface area contributed by atoms with Crippen LogP contribution in [0, 0.1) is 25.7 Å². The predicted octanol–water partition coefficient (Wildman–Crippen LogP) is 1.93. The van der Waals surface area contributed by atoms with Crippen molar-refractivity contribution in [2.75, 3.05) is 13.1 Å². The van der Waals surface area contributed by atoms with Gasteiger partial charge in [0.2, 0.25) is 0 Å². The Morgan fingerprint density at radius 2 is 2.18 bits per heavy atom. The number of hydrogen-bond donors (Lipinski definition) is 1. The van der Waals surface area contributed by atoms with Crippen molar-refractivity contribution in [3.8, 4) is 0 Å². The maximum atomic E-state index is 6.17. The van der Waals surface area contributed by atoms with Crippen LogP contribution < -0.4 is 5.73 Å². The number of likely N-dealkylation sites (tertiary alicyclic amines) is 1. The van der Waals surface area contributed by atoms with E-state index in [0.29, 0.717) is 6.04 Å². The number of rotatable bonds is 2. The Labute approximate surface area is 107 Å². The van der Waals surface area contributed by atoms with Gasteiger partial charge in [0, 0.05) is 30.6 Å². The third-order valence-electron chi connectivity index (χ3n) is 4.35. The summed E-state index contributed by atoms with van der Waals surface area (Å²) in [4.78, 5) is 8.53. The van der Waals surface area contributed by atoms with Crippen molar-refractivity contribution in [3.63, 3.8) is 0 Å². The Morgan fingerprint density at radius 1 is 1.35 bits per heavy atom. The van der Waals surface area contributed by atoms with Crippen LogP contribution in [0.25, 0.3) is 0 Å². The summed E-state index contributed by atoms with van der Waals surface area (Å²) < 4.78 is 0. The molecule has 0 radical (unpaired) electrons. The lowest BCUT2D eigenvalue weighted by Gasteiger charge is -2.17. The van der Waals surface area contributed by atoms with Crippen molar-refractivity contribution < 1.29 is 0 Å². The van der Waals surface area contributed by atoms with Gasteiger partial charge < -0.3 is 5.73 Å². The molecule has 1 saturated carbocycles. The Morgan fingerprint density at radius 3 is 2.82 bits per heavy atom. The van der Waals surface area contributed by atoms with Gasteiger partial charge in [0.05, 0.1) is 10.7 Å². The first-order chi connectivity index (χ1) is 8.13. The molecule has 17 heavy (non-hydrogen) atoms. The minimum absolute atomic E-state index is 0.453. The number of aromatic nitrogens is 1. The van der Waals surface area contributed by atoms with Crippen molar-refractivity contribution in [2.24, 2.45) is 17.6 Å². The van der Waals surface area contributed by atoms with E-state index in [1.165, 1.54) is 41.5 Å². The van der Waals surface area contributed by atoms with Crippen LogP contribution in [0.3, 0.4) is 0 Å². The molecule has 1 aliphatic heterocycles. The molecule has 1 aromatic heterocycles. The zero-order valence-electron chi connectivity index (χ0n) is 10.6. The molecule has 2 aliphatic rings. The van der Waals surface area contributed by atoms with Crippen molar-refractivity contribution in [2.45, 2.75) is 39.3 Å². The van der Waals surface area contributed by atoms with E-state index in [4.69, 9.17) is 5.73 Å². The molecule has 3 nitrogen and oxygen atoms in total. The molecule has 0 amide bonds. The van der Waals surface area contributed by atoms with E-state index >= 15 is 0 Å². The van der Waals surface area contributed by atoms with E-state index < -0.39 is 0 Å². The number of thiazole rings is 1. The minimum Gasteiger partial charge on any atom is -0.327 e. The quantitative estimate of drug-likeness (QED) is 0.873. The van der Waals surface area contributed by atoms with E-state index in [1.807, 2.05) is 11.3 Å². The van der Waals surface area contributed by atoms with E-state index in [1.54, 1.807) is 0 Å². The summed E-state index contributed by atoms with van der Waals surface area (Å²) in [5, 5.41) is 1.19. The van der Waals surface area contributed by atoms with Crippen LogP contribution in [0.4, 0.5) is 0 Å². The van der Waals surface area contributed by atoms with E-state index in [-0.39, 0.29) is 0 Å². The highest BCUT2D eigenvalue weighted by Gasteiger charge is 2.40. The molecule has 1 aliphatic carbocycles. The van der Waals surface area contributed by atoms with Crippen LogP contribution in [0.15, 0.2) is 0 Å². The van der Waals surface area contributed by atoms with Gasteiger partial charge in [-0.15, -0.1) is 11.3 Å². The molecule has 2 fully saturated rings. The average molecular weight is 251 g/mol. The van der Waals surface area contributed by atoms with Crippen molar-refractivity contribution >= 4 is 11.3 Å². The summed E-state index contributed by atoms with van der Waals surface area (Å²) in [5.74, 6) is 1.61. The summed E-state index contributed by atoms with van der Waals surface area (Å²) >= 11 is 1.85. The fourth-order valence-electron chi connectivity index (χ4n) is 3.45. The average Bonchev–Trinajstić information content (AvgIpc) is 2.88. The third-order valence-corrected chi connectivity index (χ3v) is 5.41. The highest BCUT2D eigenvalue weighted by Crippen LogP contribution is 2.38. The smallest absolute Gasteiger partial charge is 0.0900 e. The normalized spacial score (nSPS) is 33.2. The first-order valence-corrected chi connectivity index (χ1v) is 7.36. The first kappa shape index (κ1) is 11.6. The lowest BCUT2D eigenvalue weighted by molar-refractivity contribution is 0.300. The van der Waals surface area contributed by atoms with E-state index in [2.05, 4.69) is 23.7 Å². The molecule has 1 aromatic rings. The van der Waals surface area contributed by atoms with E-state index in [0.717, 1.165) is 18.4 Å². The molecule has 4 heteroatoms. The van der Waals surface area contributed by atoms with Gasteiger partial charge in [-0.1, -0.05) is 0 Å². The summed E-state index contributed by atoms with van der Waals surface area (Å²) in [7, 11) is 0. The highest BCUT2D eigenvalue weighted by atomic mass is 32.1. The zero-order chi connectivity index (χ0) is 12.0. The minimum atomic E-state index is 0.453. The second-order valence-electron chi connectivity index (χ2n) is 5.60. The van der Waals surface area contributed by atoms with Crippen LogP contribution in [0.2, 0.25) is 0 Å². The van der Waals surface area contributed by atoms with E-state index in [9.17, 15) is 0 Å². The maximum absolute atomic E-state index is 6.17. The van der Waals surface area contributed by atoms with Crippen LogP contribution in [-0.4, -0.2) is 29.0 Å². The molecule has 2 N–H and O–H groups in total. The summed E-state index contributed by atoms with van der Waals surface area (Å²) in [6.45, 7) is 7.74. The van der Waals surface area contributed by atoms with Crippen molar-refractivity contribution in [1.29, 1.82) is 0 Å². The molecular formula is C13H21N3S. The van der Waals surface area contributed by atoms with Crippen LogP contribution in [0.5, 0.6) is 0 Å². The van der Waals surface area contributed by atoms with Crippen LogP contribution in [-0.2, 0) is 6.54 Å². The topological polar surface area (TPSA) is 42.2 Å². The van der Waals surface area contributed by atoms with Crippen molar-refractivity contribution in [3.05, 3.63) is 15.6 Å². The lowest BCUT2D eigenvalue weighted by atomic mass is 9.98. The summed E-state index contributed by atoms with van der Waals surface area (Å²) in [6, 6.07) is 0.453. The largest absolute Gasteiger partial charge is 0.327 e. The molecule has 1 saturated heterocycles. The highest BCUT2D eigenvalue weighted by molar-refractivity contribution is 7.11. The van der Waals surface area contributed by atoms with Crippen LogP contribution >= 0.6 is 11.3 Å². The van der Waals surface area contributed by atoms with Gasteiger partial charge in [0.25, 0.3) is 0 Å². The molecule has 2 heterocycles. The number of hydrogen-bond acceptors (Lipinski definition) is 4. The summed E-state index contributed by atoms with van der Waals surface area (Å²) in [6.07, 6.45) is 2.57. The number of fused-ring (bicyclic) bond motifs is 1. The SMILES string of the molecule is Cc1nc(C)c(CN2CC3CCC(N)C3C2)s1. The molecular weight excluding hydrogens is 230 g/mol. The van der Waals surface area contributed by atoms with Crippen molar-refractivity contribution in [1.82, 2.24) is 9.88 Å². The zero-order valence-corrected chi connectivity index (χ0v) is 11.5. The molecule has 94 valence electrons. The molecule has 0 spiro atoms. The summed E-state index contributed by atoms with van der Waals surface area (Å²) in [5.41, 5.74) is 7.39. The molecule has 3 atom stereocenters. The predicted molar refractivity (Wildman–Crippen MR) is 71.1 cm³/mol. The Hall–Kier alpha value is -0.450. The second kappa shape index (κ2) is 4.34. The first-order valence-electron chi connectivity index (χ1n) is 6.54. The number of aryl methyl sites for hydroxylation is 2. The van der Waals surface area contributed by atoms with Gasteiger partial charge in [-0.3, -0.25) is 4.90 Å². The lowest BCUT2D eigenvalue weighted by Crippen LogP contribution is -2.30.